The van der Waals surface area contributed by atoms with Gasteiger partial charge in [-0.3, -0.25) is 4.79 Å². The van der Waals surface area contributed by atoms with Gasteiger partial charge in [0, 0.05) is 29.0 Å². The van der Waals surface area contributed by atoms with Gasteiger partial charge in [-0.2, -0.15) is 0 Å². The van der Waals surface area contributed by atoms with Gasteiger partial charge in [0.05, 0.1) is 5.56 Å². The molecule has 0 saturated carbocycles. The Morgan fingerprint density at radius 2 is 1.50 bits per heavy atom. The predicted molar refractivity (Wildman–Crippen MR) is 93.4 cm³/mol. The van der Waals surface area contributed by atoms with E-state index in [0.717, 1.165) is 5.56 Å². The fraction of sp³-hybridized carbons (Fsp3) is 0.158. The van der Waals surface area contributed by atoms with Crippen LogP contribution in [0.4, 0.5) is 0 Å². The summed E-state index contributed by atoms with van der Waals surface area (Å²) in [5, 5.41) is 1.19. The first-order valence-corrected chi connectivity index (χ1v) is 8.23. The molecule has 2 aromatic rings. The van der Waals surface area contributed by atoms with Gasteiger partial charge in [0.25, 0.3) is 0 Å². The SMILES string of the molecule is O=C1C=C(OC(=O)c2ccc(Cl)cc2)CC(c2ccc(Cl)cc2)C1. The normalized spacial score (nSPS) is 17.3. The van der Waals surface area contributed by atoms with Gasteiger partial charge in [-0.05, 0) is 47.9 Å². The quantitative estimate of drug-likeness (QED) is 0.708. The number of hydrogen-bond acceptors (Lipinski definition) is 3. The second-order valence-electron chi connectivity index (χ2n) is 5.63. The van der Waals surface area contributed by atoms with Crippen LogP contribution < -0.4 is 0 Å². The second kappa shape index (κ2) is 7.20. The van der Waals surface area contributed by atoms with Crippen LogP contribution in [0.2, 0.25) is 10.0 Å². The van der Waals surface area contributed by atoms with Crippen LogP contribution in [-0.2, 0) is 9.53 Å². The number of carbonyl (C=O) groups excluding carboxylic acids is 2. The number of ether oxygens (including phenoxy) is 1. The highest BCUT2D eigenvalue weighted by Gasteiger charge is 2.25. The summed E-state index contributed by atoms with van der Waals surface area (Å²) in [5.74, 6) is -0.193. The van der Waals surface area contributed by atoms with Crippen LogP contribution in [0.1, 0.15) is 34.7 Å². The maximum atomic E-state index is 12.2. The van der Waals surface area contributed by atoms with Crippen LogP contribution in [-0.4, -0.2) is 11.8 Å². The summed E-state index contributed by atoms with van der Waals surface area (Å²) in [7, 11) is 0. The monoisotopic (exact) mass is 360 g/mol. The molecular formula is C19H14Cl2O3. The highest BCUT2D eigenvalue weighted by Crippen LogP contribution is 2.32. The molecule has 0 aliphatic heterocycles. The summed E-state index contributed by atoms with van der Waals surface area (Å²) in [5.41, 5.74) is 1.39. The van der Waals surface area contributed by atoms with Crippen molar-refractivity contribution < 1.29 is 14.3 Å². The van der Waals surface area contributed by atoms with Crippen molar-refractivity contribution in [2.24, 2.45) is 0 Å². The average Bonchev–Trinajstić information content (AvgIpc) is 2.55. The molecule has 0 spiro atoms. The molecule has 3 rings (SSSR count). The van der Waals surface area contributed by atoms with Crippen molar-refractivity contribution in [2.75, 3.05) is 0 Å². The Kier molecular flexibility index (Phi) is 5.03. The van der Waals surface area contributed by atoms with Crippen LogP contribution in [0.5, 0.6) is 0 Å². The van der Waals surface area contributed by atoms with Crippen molar-refractivity contribution in [3.8, 4) is 0 Å². The minimum Gasteiger partial charge on any atom is -0.427 e. The van der Waals surface area contributed by atoms with E-state index in [1.54, 1.807) is 36.4 Å². The molecule has 0 heterocycles. The lowest BCUT2D eigenvalue weighted by atomic mass is 9.86. The summed E-state index contributed by atoms with van der Waals surface area (Å²) in [6.45, 7) is 0. The Morgan fingerprint density at radius 1 is 0.917 bits per heavy atom. The molecule has 5 heteroatoms. The number of esters is 1. The number of hydrogen-bond donors (Lipinski definition) is 0. The topological polar surface area (TPSA) is 43.4 Å². The Labute approximate surface area is 149 Å². The molecule has 1 aliphatic carbocycles. The van der Waals surface area contributed by atoms with Gasteiger partial charge in [0.15, 0.2) is 5.78 Å². The number of benzene rings is 2. The summed E-state index contributed by atoms with van der Waals surface area (Å²) in [4.78, 5) is 24.2. The smallest absolute Gasteiger partial charge is 0.343 e. The van der Waals surface area contributed by atoms with Crippen molar-refractivity contribution in [3.63, 3.8) is 0 Å². The van der Waals surface area contributed by atoms with Crippen molar-refractivity contribution in [1.29, 1.82) is 0 Å². The zero-order valence-electron chi connectivity index (χ0n) is 12.7. The van der Waals surface area contributed by atoms with Crippen LogP contribution >= 0.6 is 23.2 Å². The van der Waals surface area contributed by atoms with E-state index in [2.05, 4.69) is 0 Å². The van der Waals surface area contributed by atoms with Gasteiger partial charge >= 0.3 is 5.97 Å². The Hall–Kier alpha value is -2.10. The summed E-state index contributed by atoms with van der Waals surface area (Å²) in [6.07, 6.45) is 2.29. The number of rotatable bonds is 3. The molecule has 0 saturated heterocycles. The Morgan fingerprint density at radius 3 is 2.12 bits per heavy atom. The van der Waals surface area contributed by atoms with Gasteiger partial charge < -0.3 is 4.74 Å². The summed E-state index contributed by atoms with van der Waals surface area (Å²) >= 11 is 11.7. The van der Waals surface area contributed by atoms with Crippen LogP contribution in [0.25, 0.3) is 0 Å². The van der Waals surface area contributed by atoms with Crippen molar-refractivity contribution >= 4 is 35.0 Å². The van der Waals surface area contributed by atoms with Gasteiger partial charge in [-0.1, -0.05) is 35.3 Å². The summed E-state index contributed by atoms with van der Waals surface area (Å²) in [6, 6.07) is 13.8. The maximum Gasteiger partial charge on any atom is 0.343 e. The lowest BCUT2D eigenvalue weighted by Gasteiger charge is -2.22. The van der Waals surface area contributed by atoms with Gasteiger partial charge in [0.1, 0.15) is 5.76 Å². The fourth-order valence-corrected chi connectivity index (χ4v) is 2.91. The standard InChI is InChI=1S/C19H14Cl2O3/c20-15-5-1-12(2-6-15)14-9-17(22)11-18(10-14)24-19(23)13-3-7-16(21)8-4-13/h1-8,11,14H,9-10H2. The van der Waals surface area contributed by atoms with Gasteiger partial charge in [-0.15, -0.1) is 0 Å². The van der Waals surface area contributed by atoms with E-state index in [-0.39, 0.29) is 11.7 Å². The minimum atomic E-state index is -0.498. The third-order valence-corrected chi connectivity index (χ3v) is 4.37. The van der Waals surface area contributed by atoms with E-state index in [1.807, 2.05) is 12.1 Å². The van der Waals surface area contributed by atoms with Gasteiger partial charge in [-0.25, -0.2) is 4.79 Å². The molecule has 0 aromatic heterocycles. The first-order valence-electron chi connectivity index (χ1n) is 7.48. The van der Waals surface area contributed by atoms with E-state index >= 15 is 0 Å². The molecule has 0 bridgehead atoms. The van der Waals surface area contributed by atoms with E-state index in [4.69, 9.17) is 27.9 Å². The van der Waals surface area contributed by atoms with Gasteiger partial charge in [0.2, 0.25) is 0 Å². The molecule has 1 unspecified atom stereocenters. The third-order valence-electron chi connectivity index (χ3n) is 3.86. The number of allylic oxidation sites excluding steroid dienone is 2. The van der Waals surface area contributed by atoms with E-state index in [0.29, 0.717) is 34.2 Å². The lowest BCUT2D eigenvalue weighted by Crippen LogP contribution is -2.16. The van der Waals surface area contributed by atoms with Crippen LogP contribution in [0.3, 0.4) is 0 Å². The number of halogens is 2. The fourth-order valence-electron chi connectivity index (χ4n) is 2.66. The predicted octanol–water partition coefficient (Wildman–Crippen LogP) is 5.18. The van der Waals surface area contributed by atoms with Crippen molar-refractivity contribution in [3.05, 3.63) is 81.5 Å². The van der Waals surface area contributed by atoms with Crippen LogP contribution in [0.15, 0.2) is 60.4 Å². The zero-order chi connectivity index (χ0) is 17.1. The maximum absolute atomic E-state index is 12.2. The molecule has 0 radical (unpaired) electrons. The average molecular weight is 361 g/mol. The second-order valence-corrected chi connectivity index (χ2v) is 6.50. The number of carbonyl (C=O) groups is 2. The molecule has 24 heavy (non-hydrogen) atoms. The molecule has 1 atom stereocenters. The first-order chi connectivity index (χ1) is 11.5. The Bertz CT molecular complexity index is 792. The third kappa shape index (κ3) is 4.05. The van der Waals surface area contributed by atoms with Crippen molar-refractivity contribution in [2.45, 2.75) is 18.8 Å². The minimum absolute atomic E-state index is 0.0206. The molecule has 0 N–H and O–H groups in total. The molecule has 122 valence electrons. The lowest BCUT2D eigenvalue weighted by molar-refractivity contribution is -0.115. The highest BCUT2D eigenvalue weighted by molar-refractivity contribution is 6.30. The first kappa shape index (κ1) is 16.7. The van der Waals surface area contributed by atoms with Crippen molar-refractivity contribution in [1.82, 2.24) is 0 Å². The highest BCUT2D eigenvalue weighted by atomic mass is 35.5. The molecule has 2 aromatic carbocycles. The van der Waals surface area contributed by atoms with E-state index in [9.17, 15) is 9.59 Å². The largest absolute Gasteiger partial charge is 0.427 e. The zero-order valence-corrected chi connectivity index (χ0v) is 14.2. The summed E-state index contributed by atoms with van der Waals surface area (Å²) < 4.78 is 5.40. The number of ketones is 1. The van der Waals surface area contributed by atoms with Crippen LogP contribution in [0, 0.1) is 0 Å². The van der Waals surface area contributed by atoms with E-state index in [1.165, 1.54) is 6.08 Å². The molecular weight excluding hydrogens is 347 g/mol. The van der Waals surface area contributed by atoms with E-state index < -0.39 is 5.97 Å². The molecule has 0 amide bonds. The molecule has 0 fully saturated rings. The molecule has 3 nitrogen and oxygen atoms in total. The molecule has 1 aliphatic rings. The Balaban J connectivity index is 1.73.